The van der Waals surface area contributed by atoms with E-state index in [4.69, 9.17) is 4.74 Å². The number of hydrogen-bond acceptors (Lipinski definition) is 3. The molecule has 3 rings (SSSR count). The van der Waals surface area contributed by atoms with Crippen LogP contribution >= 0.6 is 12.4 Å². The number of nitrogens with zero attached hydrogens (tertiary/aromatic N) is 1. The van der Waals surface area contributed by atoms with Gasteiger partial charge in [-0.1, -0.05) is 31.2 Å². The zero-order chi connectivity index (χ0) is 17.8. The normalized spacial score (nSPS) is 19.8. The molecule has 26 heavy (non-hydrogen) atoms. The van der Waals surface area contributed by atoms with Crippen LogP contribution in [0.15, 0.2) is 48.5 Å². The van der Waals surface area contributed by atoms with E-state index in [0.717, 1.165) is 18.5 Å². The summed E-state index contributed by atoms with van der Waals surface area (Å²) in [7, 11) is 0. The highest BCUT2D eigenvalue weighted by Gasteiger charge is 2.32. The Balaban J connectivity index is 0.00000243. The predicted octanol–water partition coefficient (Wildman–Crippen LogP) is 4.41. The molecular formula is C20H23ClFNO3. The molecule has 1 saturated heterocycles. The van der Waals surface area contributed by atoms with Crippen molar-refractivity contribution in [2.75, 3.05) is 19.7 Å². The van der Waals surface area contributed by atoms with E-state index in [2.05, 4.69) is 11.8 Å². The predicted molar refractivity (Wildman–Crippen MR) is 101 cm³/mol. The molecule has 1 fully saturated rings. The van der Waals surface area contributed by atoms with Gasteiger partial charge < -0.3 is 9.84 Å². The molecule has 0 saturated carbocycles. The van der Waals surface area contributed by atoms with Crippen LogP contribution in [0.25, 0.3) is 0 Å². The average Bonchev–Trinajstić information content (AvgIpc) is 2.96. The quantitative estimate of drug-likeness (QED) is 0.807. The van der Waals surface area contributed by atoms with Crippen LogP contribution in [0, 0.1) is 11.7 Å². The topological polar surface area (TPSA) is 49.8 Å². The molecule has 0 aromatic heterocycles. The molecule has 1 N–H and O–H groups in total. The van der Waals surface area contributed by atoms with Crippen molar-refractivity contribution in [3.63, 3.8) is 0 Å². The number of benzene rings is 2. The molecule has 0 amide bonds. The minimum atomic E-state index is -0.997. The first kappa shape index (κ1) is 20.2. The Labute approximate surface area is 159 Å². The maximum Gasteiger partial charge on any atom is 0.339 e. The maximum absolute atomic E-state index is 13.6. The fraction of sp³-hybridized carbons (Fsp3) is 0.350. The van der Waals surface area contributed by atoms with Crippen LogP contribution in [0.5, 0.6) is 5.75 Å². The third kappa shape index (κ3) is 4.54. The van der Waals surface area contributed by atoms with Gasteiger partial charge in [0.15, 0.2) is 0 Å². The number of hydrogen-bond donors (Lipinski definition) is 1. The van der Waals surface area contributed by atoms with E-state index in [-0.39, 0.29) is 29.8 Å². The van der Waals surface area contributed by atoms with Crippen molar-refractivity contribution in [3.05, 3.63) is 65.5 Å². The third-order valence-corrected chi connectivity index (χ3v) is 4.75. The monoisotopic (exact) mass is 379 g/mol. The summed E-state index contributed by atoms with van der Waals surface area (Å²) in [4.78, 5) is 13.5. The van der Waals surface area contributed by atoms with E-state index < -0.39 is 5.97 Å². The van der Waals surface area contributed by atoms with E-state index in [1.807, 2.05) is 6.07 Å². The van der Waals surface area contributed by atoms with E-state index in [1.165, 1.54) is 12.1 Å². The van der Waals surface area contributed by atoms with Crippen molar-refractivity contribution in [1.29, 1.82) is 0 Å². The molecular weight excluding hydrogens is 357 g/mol. The van der Waals surface area contributed by atoms with Crippen LogP contribution in [0.3, 0.4) is 0 Å². The number of carboxylic acid groups (broad SMARTS) is 1. The highest BCUT2D eigenvalue weighted by atomic mass is 35.5. The van der Waals surface area contributed by atoms with Gasteiger partial charge in [-0.15, -0.1) is 12.4 Å². The van der Waals surface area contributed by atoms with Crippen LogP contribution in [-0.4, -0.2) is 35.7 Å². The lowest BCUT2D eigenvalue weighted by Gasteiger charge is -2.27. The fourth-order valence-electron chi connectivity index (χ4n) is 3.55. The van der Waals surface area contributed by atoms with Crippen LogP contribution in [0.4, 0.5) is 4.39 Å². The lowest BCUT2D eigenvalue weighted by atomic mass is 9.95. The molecule has 4 nitrogen and oxygen atoms in total. The van der Waals surface area contributed by atoms with Gasteiger partial charge in [-0.05, 0) is 48.7 Å². The van der Waals surface area contributed by atoms with Gasteiger partial charge in [0.2, 0.25) is 0 Å². The second-order valence-electron chi connectivity index (χ2n) is 6.45. The molecule has 1 aliphatic heterocycles. The first-order valence-electron chi connectivity index (χ1n) is 8.51. The Morgan fingerprint density at radius 2 is 2.04 bits per heavy atom. The molecule has 2 aromatic carbocycles. The number of carbonyl (C=O) groups is 1. The Bertz CT molecular complexity index is 755. The molecule has 0 radical (unpaired) electrons. The number of aromatic carboxylic acids is 1. The van der Waals surface area contributed by atoms with Gasteiger partial charge in [0.25, 0.3) is 0 Å². The van der Waals surface area contributed by atoms with E-state index >= 15 is 0 Å². The minimum Gasteiger partial charge on any atom is -0.491 e. The standard InChI is InChI=1S/C20H22FNO3.ClH/c1-14-9-10-22(19(14)15-5-4-6-16(21)13-15)11-12-25-18-8-3-2-7-17(18)20(23)24;/h2-8,13-14,19H,9-12H2,1H3,(H,23,24);1H. The summed E-state index contributed by atoms with van der Waals surface area (Å²) in [5.74, 6) is -0.399. The van der Waals surface area contributed by atoms with Gasteiger partial charge in [-0.25, -0.2) is 9.18 Å². The van der Waals surface area contributed by atoms with Crippen molar-refractivity contribution in [3.8, 4) is 5.75 Å². The van der Waals surface area contributed by atoms with E-state index in [9.17, 15) is 14.3 Å². The number of carboxylic acids is 1. The zero-order valence-electron chi connectivity index (χ0n) is 14.6. The van der Waals surface area contributed by atoms with Gasteiger partial charge in [0.05, 0.1) is 0 Å². The molecule has 1 aliphatic rings. The van der Waals surface area contributed by atoms with E-state index in [0.29, 0.717) is 24.8 Å². The second-order valence-corrected chi connectivity index (χ2v) is 6.45. The first-order chi connectivity index (χ1) is 12.1. The van der Waals surface area contributed by atoms with Gasteiger partial charge >= 0.3 is 5.97 Å². The summed E-state index contributed by atoms with van der Waals surface area (Å²) in [6.45, 7) is 4.16. The van der Waals surface area contributed by atoms with Crippen LogP contribution in [0.2, 0.25) is 0 Å². The summed E-state index contributed by atoms with van der Waals surface area (Å²) in [6.07, 6.45) is 1.05. The highest BCUT2D eigenvalue weighted by Crippen LogP contribution is 2.36. The average molecular weight is 380 g/mol. The lowest BCUT2D eigenvalue weighted by Crippen LogP contribution is -2.29. The Morgan fingerprint density at radius 3 is 2.77 bits per heavy atom. The van der Waals surface area contributed by atoms with Crippen LogP contribution in [-0.2, 0) is 0 Å². The Kier molecular flexibility index (Phi) is 7.00. The molecule has 0 bridgehead atoms. The molecule has 0 aliphatic carbocycles. The van der Waals surface area contributed by atoms with E-state index in [1.54, 1.807) is 30.3 Å². The van der Waals surface area contributed by atoms with Crippen molar-refractivity contribution < 1.29 is 19.0 Å². The molecule has 1 heterocycles. The fourth-order valence-corrected chi connectivity index (χ4v) is 3.55. The van der Waals surface area contributed by atoms with Gasteiger partial charge in [-0.2, -0.15) is 0 Å². The second kappa shape index (κ2) is 9.01. The molecule has 2 unspecified atom stereocenters. The number of rotatable bonds is 6. The zero-order valence-corrected chi connectivity index (χ0v) is 15.4. The number of likely N-dealkylation sites (tertiary alicyclic amines) is 1. The van der Waals surface area contributed by atoms with Crippen LogP contribution < -0.4 is 4.74 Å². The lowest BCUT2D eigenvalue weighted by molar-refractivity contribution is 0.0691. The Hall–Kier alpha value is -2.11. The van der Waals surface area contributed by atoms with Crippen molar-refractivity contribution in [1.82, 2.24) is 4.90 Å². The summed E-state index contributed by atoms with van der Waals surface area (Å²) in [5, 5.41) is 9.20. The molecule has 0 spiro atoms. The summed E-state index contributed by atoms with van der Waals surface area (Å²) in [5.41, 5.74) is 1.15. The summed E-state index contributed by atoms with van der Waals surface area (Å²) >= 11 is 0. The molecule has 2 aromatic rings. The maximum atomic E-state index is 13.6. The van der Waals surface area contributed by atoms with Gasteiger partial charge in [0.1, 0.15) is 23.7 Å². The summed E-state index contributed by atoms with van der Waals surface area (Å²) in [6, 6.07) is 13.6. The third-order valence-electron chi connectivity index (χ3n) is 4.75. The SMILES string of the molecule is CC1CCN(CCOc2ccccc2C(=O)O)C1c1cccc(F)c1.Cl. The van der Waals surface area contributed by atoms with Gasteiger partial charge in [0, 0.05) is 12.6 Å². The first-order valence-corrected chi connectivity index (χ1v) is 8.51. The molecule has 6 heteroatoms. The largest absolute Gasteiger partial charge is 0.491 e. The van der Waals surface area contributed by atoms with Crippen molar-refractivity contribution >= 4 is 18.4 Å². The molecule has 140 valence electrons. The molecule has 2 atom stereocenters. The van der Waals surface area contributed by atoms with Crippen LogP contribution in [0.1, 0.15) is 35.3 Å². The minimum absolute atomic E-state index is 0. The number of para-hydroxylation sites is 1. The number of halogens is 2. The smallest absolute Gasteiger partial charge is 0.339 e. The summed E-state index contributed by atoms with van der Waals surface area (Å²) < 4.78 is 19.3. The number of ether oxygens (including phenoxy) is 1. The highest BCUT2D eigenvalue weighted by molar-refractivity contribution is 5.90. The Morgan fingerprint density at radius 1 is 1.27 bits per heavy atom. The van der Waals surface area contributed by atoms with Crippen molar-refractivity contribution in [2.45, 2.75) is 19.4 Å². The van der Waals surface area contributed by atoms with Crippen molar-refractivity contribution in [2.24, 2.45) is 5.92 Å². The van der Waals surface area contributed by atoms with Gasteiger partial charge in [-0.3, -0.25) is 4.90 Å².